The molecule has 0 spiro atoms. The van der Waals surface area contributed by atoms with E-state index in [0.717, 1.165) is 0 Å². The van der Waals surface area contributed by atoms with Crippen LogP contribution in [0.4, 0.5) is 0 Å². The first-order chi connectivity index (χ1) is 4.18. The molecule has 0 saturated heterocycles. The van der Waals surface area contributed by atoms with Crippen molar-refractivity contribution >= 4 is 59.1 Å². The average Bonchev–Trinajstić information content (AvgIpc) is 1.59. The Morgan fingerprint density at radius 1 is 0.636 bits per heavy atom. The summed E-state index contributed by atoms with van der Waals surface area (Å²) in [6.07, 6.45) is 0. The monoisotopic (exact) mass is 175 g/mol. The largest absolute Gasteiger partial charge is 0.330 e. The third-order valence-electron chi connectivity index (χ3n) is 0.681. The fourth-order valence-corrected chi connectivity index (χ4v) is 0.403. The van der Waals surface area contributed by atoms with Gasteiger partial charge in [0.15, 0.2) is 0 Å². The first-order valence-electron chi connectivity index (χ1n) is 2.11. The molecule has 50 valence electrons. The molecule has 0 saturated carbocycles. The molecule has 6 nitrogen and oxygen atoms in total. The average molecular weight is 175 g/mol. The normalized spacial score (nSPS) is 7.64. The summed E-state index contributed by atoms with van der Waals surface area (Å²) in [7, 11) is 0. The van der Waals surface area contributed by atoms with Crippen LogP contribution in [0.2, 0.25) is 0 Å². The molecule has 0 unspecified atom stereocenters. The molecule has 0 aliphatic rings. The van der Waals surface area contributed by atoms with E-state index in [1.54, 1.807) is 15.0 Å². The van der Waals surface area contributed by atoms with Gasteiger partial charge >= 0.3 is 17.1 Å². The summed E-state index contributed by atoms with van der Waals surface area (Å²) < 4.78 is 0. The predicted octanol–water partition coefficient (Wildman–Crippen LogP) is -3.01. The Balaban J connectivity index is 0. The van der Waals surface area contributed by atoms with E-state index in [-0.39, 0.29) is 59.1 Å². The van der Waals surface area contributed by atoms with Gasteiger partial charge in [-0.15, -0.1) is 0 Å². The third kappa shape index (κ3) is 4.78. The zero-order chi connectivity index (χ0) is 6.85. The van der Waals surface area contributed by atoms with Crippen molar-refractivity contribution in [3.63, 3.8) is 0 Å². The molecule has 1 rings (SSSR count). The van der Waals surface area contributed by atoms with Gasteiger partial charge in [0.1, 0.15) is 0 Å². The molecule has 8 heteroatoms. The van der Waals surface area contributed by atoms with Gasteiger partial charge in [-0.25, -0.2) is 14.4 Å². The van der Waals surface area contributed by atoms with Crippen LogP contribution in [0.15, 0.2) is 14.4 Å². The molecule has 0 aliphatic heterocycles. The van der Waals surface area contributed by atoms with Gasteiger partial charge in [-0.1, -0.05) is 0 Å². The number of aromatic nitrogens is 3. The minimum Gasteiger partial charge on any atom is -0.259 e. The van der Waals surface area contributed by atoms with Gasteiger partial charge in [0, 0.05) is 59.1 Å². The molecule has 3 N–H and O–H groups in total. The van der Waals surface area contributed by atoms with Crippen LogP contribution in [0.1, 0.15) is 0 Å². The molecule has 11 heavy (non-hydrogen) atoms. The number of H-pyrrole nitrogens is 3. The van der Waals surface area contributed by atoms with Gasteiger partial charge in [-0.05, 0) is 0 Å². The maximum atomic E-state index is 10.2. The fraction of sp³-hybridized carbons (Fsp3) is 0. The molecule has 0 aromatic carbocycles. The summed E-state index contributed by atoms with van der Waals surface area (Å²) >= 11 is 0. The van der Waals surface area contributed by atoms with E-state index in [1.807, 2.05) is 0 Å². The molecule has 0 aliphatic carbocycles. The van der Waals surface area contributed by atoms with Crippen molar-refractivity contribution in [2.75, 3.05) is 0 Å². The molecule has 0 amide bonds. The number of hydrogen-bond acceptors (Lipinski definition) is 3. The van der Waals surface area contributed by atoms with Crippen molar-refractivity contribution in [2.24, 2.45) is 0 Å². The smallest absolute Gasteiger partial charge is 0.259 e. The number of nitrogens with one attached hydrogen (secondary N) is 3. The van der Waals surface area contributed by atoms with Crippen molar-refractivity contribution in [3.05, 3.63) is 31.5 Å². The molecule has 0 atom stereocenters. The molecule has 0 bridgehead atoms. The van der Waals surface area contributed by atoms with Crippen LogP contribution in [0.3, 0.4) is 0 Å². The molecule has 1 heterocycles. The van der Waals surface area contributed by atoms with Crippen LogP contribution in [0.5, 0.6) is 0 Å². The third-order valence-corrected chi connectivity index (χ3v) is 0.681. The van der Waals surface area contributed by atoms with E-state index in [1.165, 1.54) is 0 Å². The minimum absolute atomic E-state index is 0. The molecular weight excluding hydrogens is 172 g/mol. The first kappa shape index (κ1) is 14.0. The Morgan fingerprint density at radius 2 is 0.818 bits per heavy atom. The Morgan fingerprint density at radius 3 is 1.00 bits per heavy atom. The maximum absolute atomic E-state index is 10.2. The van der Waals surface area contributed by atoms with E-state index in [2.05, 4.69) is 0 Å². The van der Waals surface area contributed by atoms with Crippen molar-refractivity contribution < 1.29 is 0 Å². The predicted molar refractivity (Wildman–Crippen MR) is 39.8 cm³/mol. The Kier molecular flexibility index (Phi) is 7.60. The van der Waals surface area contributed by atoms with Crippen LogP contribution in [-0.2, 0) is 0 Å². The Labute approximate surface area is 104 Å². The Hall–Kier alpha value is 0.410. The van der Waals surface area contributed by atoms with E-state index in [0.29, 0.717) is 0 Å². The summed E-state index contributed by atoms with van der Waals surface area (Å²) in [5.41, 5.74) is -2.41. The summed E-state index contributed by atoms with van der Waals surface area (Å²) in [4.78, 5) is 35.9. The van der Waals surface area contributed by atoms with Crippen molar-refractivity contribution in [1.82, 2.24) is 15.0 Å². The van der Waals surface area contributed by atoms with Crippen molar-refractivity contribution in [2.45, 2.75) is 0 Å². The topological polar surface area (TPSA) is 98.6 Å². The first-order valence-corrected chi connectivity index (χ1v) is 2.11. The van der Waals surface area contributed by atoms with E-state index < -0.39 is 17.1 Å². The van der Waals surface area contributed by atoms with Crippen LogP contribution in [-0.4, -0.2) is 74.1 Å². The van der Waals surface area contributed by atoms with Crippen LogP contribution in [0, 0.1) is 0 Å². The summed E-state index contributed by atoms with van der Waals surface area (Å²) in [6.45, 7) is 0. The zero-order valence-electron chi connectivity index (χ0n) is 6.22. The fourth-order valence-electron chi connectivity index (χ4n) is 0.403. The molecule has 2 radical (unpaired) electrons. The second-order valence-electron chi connectivity index (χ2n) is 1.36. The van der Waals surface area contributed by atoms with Gasteiger partial charge < -0.3 is 0 Å². The van der Waals surface area contributed by atoms with Crippen LogP contribution < -0.4 is 17.1 Å². The minimum atomic E-state index is -0.802. The molecular formula is C3H3N3Na2O3. The second-order valence-corrected chi connectivity index (χ2v) is 1.36. The van der Waals surface area contributed by atoms with Crippen molar-refractivity contribution in [1.29, 1.82) is 0 Å². The summed E-state index contributed by atoms with van der Waals surface area (Å²) in [6, 6.07) is 0. The van der Waals surface area contributed by atoms with Gasteiger partial charge in [0.05, 0.1) is 0 Å². The maximum Gasteiger partial charge on any atom is 0.330 e. The molecule has 1 aromatic heterocycles. The van der Waals surface area contributed by atoms with Gasteiger partial charge in [0.25, 0.3) is 0 Å². The van der Waals surface area contributed by atoms with Gasteiger partial charge in [-0.2, -0.15) is 0 Å². The standard InChI is InChI=1S/C3H3N3O3.2Na/c7-1-4-2(8)6-3(9)5-1;;/h(H3,4,5,6,7,8,9);;. The SMILES string of the molecule is O=c1[nH]c(=O)[nH]c(=O)[nH]1.[Na].[Na]. The second kappa shape index (κ2) is 5.99. The van der Waals surface area contributed by atoms with E-state index in [4.69, 9.17) is 0 Å². The van der Waals surface area contributed by atoms with Crippen LogP contribution >= 0.6 is 0 Å². The van der Waals surface area contributed by atoms with E-state index >= 15 is 0 Å². The molecule has 1 aromatic rings. The van der Waals surface area contributed by atoms with Gasteiger partial charge in [-0.3, -0.25) is 15.0 Å². The quantitative estimate of drug-likeness (QED) is 0.366. The van der Waals surface area contributed by atoms with Crippen molar-refractivity contribution in [3.8, 4) is 0 Å². The number of aromatic amines is 3. The van der Waals surface area contributed by atoms with Gasteiger partial charge in [0.2, 0.25) is 0 Å². The number of hydrogen-bond donors (Lipinski definition) is 3. The molecule has 0 fully saturated rings. The summed E-state index contributed by atoms with van der Waals surface area (Å²) in [5, 5.41) is 0. The van der Waals surface area contributed by atoms with Crippen LogP contribution in [0.25, 0.3) is 0 Å². The zero-order valence-corrected chi connectivity index (χ0v) is 10.2. The summed E-state index contributed by atoms with van der Waals surface area (Å²) in [5.74, 6) is 0. The number of rotatable bonds is 0. The Bertz CT molecular complexity index is 284. The van der Waals surface area contributed by atoms with E-state index in [9.17, 15) is 14.4 Å².